The van der Waals surface area contributed by atoms with Crippen LogP contribution in [0.25, 0.3) is 11.2 Å². The molecule has 2 aromatic heterocycles. The normalized spacial score (nSPS) is 13.1. The zero-order valence-corrected chi connectivity index (χ0v) is 22.2. The van der Waals surface area contributed by atoms with E-state index in [4.69, 9.17) is 14.7 Å². The molecule has 0 unspecified atom stereocenters. The Hall–Kier alpha value is -3.00. The van der Waals surface area contributed by atoms with Crippen LogP contribution in [0.15, 0.2) is 40.3 Å². The molecule has 192 valence electrons. The Labute approximate surface area is 221 Å². The van der Waals surface area contributed by atoms with Crippen LogP contribution in [0.4, 0.5) is 5.95 Å². The summed E-state index contributed by atoms with van der Waals surface area (Å²) >= 11 is 1.20. The van der Waals surface area contributed by atoms with E-state index in [0.717, 1.165) is 31.7 Å². The van der Waals surface area contributed by atoms with Gasteiger partial charge < -0.3 is 15.0 Å². The van der Waals surface area contributed by atoms with Gasteiger partial charge in [0.05, 0.1) is 18.9 Å². The zero-order chi connectivity index (χ0) is 24.6. The number of nitrogens with zero attached hydrogens (tertiary/aromatic N) is 5. The van der Waals surface area contributed by atoms with Crippen molar-refractivity contribution < 1.29 is 9.53 Å². The third-order valence-corrected chi connectivity index (χ3v) is 6.66. The Morgan fingerprint density at radius 2 is 1.92 bits per heavy atom. The maximum Gasteiger partial charge on any atom is 0.316 e. The second-order valence-electron chi connectivity index (χ2n) is 8.01. The van der Waals surface area contributed by atoms with E-state index in [9.17, 15) is 9.59 Å². The number of anilines is 1. The highest BCUT2D eigenvalue weighted by Crippen LogP contribution is 2.23. The van der Waals surface area contributed by atoms with Crippen LogP contribution in [0.3, 0.4) is 0 Å². The highest BCUT2D eigenvalue weighted by Gasteiger charge is 2.24. The molecule has 3 aromatic rings. The summed E-state index contributed by atoms with van der Waals surface area (Å²) in [5.41, 5.74) is 1.76. The number of ether oxygens (including phenoxy) is 1. The predicted molar refractivity (Wildman–Crippen MR) is 145 cm³/mol. The summed E-state index contributed by atoms with van der Waals surface area (Å²) in [6, 6.07) is 10.00. The standard InChI is InChI=1S/C25H30N6O3S.ClH/c1-3-5-14-30-21-22(27-24(30)29-16-12-26-13-17-29)28-25(35-18-20(32)34-4-2)31(23(21)33)15-11-19-9-7-6-8-10-19;/h6-10,26H,4,11-18H2,1-2H3;1H. The first-order valence-corrected chi connectivity index (χ1v) is 12.8. The van der Waals surface area contributed by atoms with Crippen molar-refractivity contribution in [1.29, 1.82) is 0 Å². The summed E-state index contributed by atoms with van der Waals surface area (Å²) in [5, 5.41) is 3.81. The number of aromatic nitrogens is 4. The molecule has 0 saturated carbocycles. The van der Waals surface area contributed by atoms with Crippen molar-refractivity contribution >= 4 is 47.3 Å². The Morgan fingerprint density at radius 3 is 2.61 bits per heavy atom. The Balaban J connectivity index is 0.00000361. The number of imidazole rings is 1. The number of fused-ring (bicyclic) bond motifs is 1. The first-order valence-electron chi connectivity index (χ1n) is 11.8. The van der Waals surface area contributed by atoms with Gasteiger partial charge in [-0.05, 0) is 25.8 Å². The molecule has 0 atom stereocenters. The lowest BCUT2D eigenvalue weighted by Crippen LogP contribution is -2.44. The zero-order valence-electron chi connectivity index (χ0n) is 20.5. The molecular formula is C25H31ClN6O3S. The highest BCUT2D eigenvalue weighted by atomic mass is 35.5. The molecule has 1 N–H and O–H groups in total. The summed E-state index contributed by atoms with van der Waals surface area (Å²) in [4.78, 5) is 37.6. The van der Waals surface area contributed by atoms with Crippen molar-refractivity contribution in [2.75, 3.05) is 43.4 Å². The third-order valence-electron chi connectivity index (χ3n) is 5.71. The molecular weight excluding hydrogens is 500 g/mol. The number of hydrogen-bond donors (Lipinski definition) is 1. The molecule has 3 heterocycles. The fraction of sp³-hybridized carbons (Fsp3) is 0.440. The van der Waals surface area contributed by atoms with Crippen molar-refractivity contribution in [3.8, 4) is 11.8 Å². The van der Waals surface area contributed by atoms with Gasteiger partial charge >= 0.3 is 5.97 Å². The van der Waals surface area contributed by atoms with Crippen LogP contribution in [-0.2, 0) is 29.0 Å². The maximum atomic E-state index is 13.9. The van der Waals surface area contributed by atoms with E-state index in [-0.39, 0.29) is 29.7 Å². The van der Waals surface area contributed by atoms with Gasteiger partial charge in [-0.3, -0.25) is 18.7 Å². The lowest BCUT2D eigenvalue weighted by Gasteiger charge is -2.28. The summed E-state index contributed by atoms with van der Waals surface area (Å²) in [6.45, 7) is 7.92. The molecule has 9 nitrogen and oxygen atoms in total. The molecule has 11 heteroatoms. The van der Waals surface area contributed by atoms with Gasteiger partial charge in [0.1, 0.15) is 0 Å². The van der Waals surface area contributed by atoms with Crippen molar-refractivity contribution in [2.45, 2.75) is 38.5 Å². The van der Waals surface area contributed by atoms with Crippen LogP contribution in [0.2, 0.25) is 0 Å². The molecule has 1 aliphatic heterocycles. The van der Waals surface area contributed by atoms with Gasteiger partial charge in [0, 0.05) is 32.7 Å². The molecule has 4 rings (SSSR count). The van der Waals surface area contributed by atoms with E-state index in [0.29, 0.717) is 48.4 Å². The average Bonchev–Trinajstić information content (AvgIpc) is 3.25. The van der Waals surface area contributed by atoms with E-state index < -0.39 is 0 Å². The number of carbonyl (C=O) groups is 1. The predicted octanol–water partition coefficient (Wildman–Crippen LogP) is 2.35. The summed E-state index contributed by atoms with van der Waals surface area (Å²) in [6.07, 6.45) is 0.661. The summed E-state index contributed by atoms with van der Waals surface area (Å²) in [5.74, 6) is 6.44. The number of hydrogen-bond acceptors (Lipinski definition) is 8. The Kier molecular flexibility index (Phi) is 10.2. The van der Waals surface area contributed by atoms with Crippen LogP contribution in [0.5, 0.6) is 0 Å². The van der Waals surface area contributed by atoms with E-state index in [1.807, 2.05) is 34.9 Å². The minimum absolute atomic E-state index is 0. The topological polar surface area (TPSA) is 94.3 Å². The van der Waals surface area contributed by atoms with Gasteiger partial charge in [0.2, 0.25) is 5.95 Å². The lowest BCUT2D eigenvalue weighted by atomic mass is 10.1. The molecule has 36 heavy (non-hydrogen) atoms. The summed E-state index contributed by atoms with van der Waals surface area (Å²) < 4.78 is 8.61. The number of benzene rings is 1. The minimum Gasteiger partial charge on any atom is -0.465 e. The van der Waals surface area contributed by atoms with Crippen molar-refractivity contribution in [2.24, 2.45) is 0 Å². The SMILES string of the molecule is CC#CCn1c(N2CCNCC2)nc2nc(SCC(=O)OCC)n(CCc3ccccc3)c(=O)c21.Cl. The molecule has 1 aromatic carbocycles. The average molecular weight is 531 g/mol. The molecule has 1 saturated heterocycles. The van der Waals surface area contributed by atoms with E-state index in [1.54, 1.807) is 18.4 Å². The largest absolute Gasteiger partial charge is 0.465 e. The number of aryl methyl sites for hydroxylation is 1. The molecule has 0 spiro atoms. The van der Waals surface area contributed by atoms with Gasteiger partial charge in [-0.2, -0.15) is 4.98 Å². The number of rotatable bonds is 9. The Morgan fingerprint density at radius 1 is 1.17 bits per heavy atom. The number of halogens is 1. The van der Waals surface area contributed by atoms with Crippen LogP contribution in [-0.4, -0.2) is 63.6 Å². The number of thioether (sulfide) groups is 1. The van der Waals surface area contributed by atoms with Crippen molar-refractivity contribution in [3.63, 3.8) is 0 Å². The van der Waals surface area contributed by atoms with Gasteiger partial charge in [0.15, 0.2) is 16.3 Å². The number of piperazine rings is 1. The van der Waals surface area contributed by atoms with E-state index in [2.05, 4.69) is 22.1 Å². The molecule has 1 fully saturated rings. The maximum absolute atomic E-state index is 13.9. The Bertz CT molecular complexity index is 1290. The van der Waals surface area contributed by atoms with Gasteiger partial charge in [-0.1, -0.05) is 48.0 Å². The number of nitrogens with one attached hydrogen (secondary N) is 1. The molecule has 0 amide bonds. The molecule has 0 radical (unpaired) electrons. The molecule has 1 aliphatic rings. The third kappa shape index (κ3) is 6.40. The minimum atomic E-state index is -0.341. The van der Waals surface area contributed by atoms with Gasteiger partial charge in [0.25, 0.3) is 5.56 Å². The summed E-state index contributed by atoms with van der Waals surface area (Å²) in [7, 11) is 0. The van der Waals surface area contributed by atoms with Gasteiger partial charge in [-0.15, -0.1) is 18.3 Å². The van der Waals surface area contributed by atoms with Crippen molar-refractivity contribution in [3.05, 3.63) is 46.2 Å². The van der Waals surface area contributed by atoms with Crippen molar-refractivity contribution in [1.82, 2.24) is 24.4 Å². The number of carbonyl (C=O) groups excluding carboxylic acids is 1. The quantitative estimate of drug-likeness (QED) is 0.195. The van der Waals surface area contributed by atoms with Crippen LogP contribution >= 0.6 is 24.2 Å². The fourth-order valence-electron chi connectivity index (χ4n) is 4.02. The highest BCUT2D eigenvalue weighted by molar-refractivity contribution is 7.99. The van der Waals surface area contributed by atoms with Crippen LogP contribution in [0.1, 0.15) is 19.4 Å². The lowest BCUT2D eigenvalue weighted by molar-refractivity contribution is -0.139. The smallest absolute Gasteiger partial charge is 0.316 e. The van der Waals surface area contributed by atoms with Crippen LogP contribution in [0, 0.1) is 11.8 Å². The second kappa shape index (κ2) is 13.3. The first kappa shape index (κ1) is 27.6. The first-order chi connectivity index (χ1) is 17.1. The number of esters is 1. The van der Waals surface area contributed by atoms with Gasteiger partial charge in [-0.25, -0.2) is 4.98 Å². The van der Waals surface area contributed by atoms with Crippen LogP contribution < -0.4 is 15.8 Å². The van der Waals surface area contributed by atoms with E-state index >= 15 is 0 Å². The second-order valence-corrected chi connectivity index (χ2v) is 8.96. The fourth-order valence-corrected chi connectivity index (χ4v) is 4.83. The molecule has 0 bridgehead atoms. The molecule has 0 aliphatic carbocycles. The monoisotopic (exact) mass is 530 g/mol. The van der Waals surface area contributed by atoms with E-state index in [1.165, 1.54) is 11.8 Å².